The minimum atomic E-state index is -5.08. The van der Waals surface area contributed by atoms with Gasteiger partial charge in [-0.15, -0.1) is 0 Å². The Kier molecular flexibility index (Phi) is 11.0. The molecule has 248 valence electrons. The largest absolute Gasteiger partial charge is 0.490 e. The minimum Gasteiger partial charge on any atom is -0.475 e. The predicted octanol–water partition coefficient (Wildman–Crippen LogP) is 0.168. The molecule has 0 aromatic heterocycles. The average Bonchev–Trinajstić information content (AvgIpc) is 3.58. The number of fused-ring (bicyclic) bond motifs is 2. The molecule has 43 heavy (non-hydrogen) atoms. The van der Waals surface area contributed by atoms with E-state index in [1.807, 2.05) is 0 Å². The number of esters is 1. The van der Waals surface area contributed by atoms with Gasteiger partial charge < -0.3 is 58.8 Å². The summed E-state index contributed by atoms with van der Waals surface area (Å²) in [5.41, 5.74) is 6.40. The molecule has 0 unspecified atom stereocenters. The van der Waals surface area contributed by atoms with Crippen LogP contribution in [0.2, 0.25) is 0 Å². The van der Waals surface area contributed by atoms with Crippen molar-refractivity contribution in [1.82, 2.24) is 5.32 Å². The maximum Gasteiger partial charge on any atom is 0.490 e. The first-order chi connectivity index (χ1) is 19.8. The molecule has 4 aliphatic heterocycles. The zero-order valence-corrected chi connectivity index (χ0v) is 24.7. The number of methoxy groups -OCH3 is 3. The number of nitrogens with one attached hydrogen (secondary N) is 1. The van der Waals surface area contributed by atoms with Crippen LogP contribution < -0.4 is 11.1 Å². The van der Waals surface area contributed by atoms with Crippen molar-refractivity contribution in [3.63, 3.8) is 0 Å². The molecule has 4 fully saturated rings. The molecule has 0 spiro atoms. The van der Waals surface area contributed by atoms with Crippen LogP contribution in [-0.4, -0.2) is 123 Å². The summed E-state index contributed by atoms with van der Waals surface area (Å²) in [6.07, 6.45) is -10.1. The van der Waals surface area contributed by atoms with Crippen molar-refractivity contribution in [2.75, 3.05) is 21.3 Å². The molecule has 0 aliphatic carbocycles. The number of hydrogen-bond donors (Lipinski definition) is 3. The van der Waals surface area contributed by atoms with E-state index in [0.717, 1.165) is 0 Å². The Hall–Kier alpha value is -2.16. The molecule has 4 aliphatic rings. The van der Waals surface area contributed by atoms with Crippen molar-refractivity contribution in [2.24, 2.45) is 5.73 Å². The molecule has 1 amide bonds. The molecule has 4 N–H and O–H groups in total. The van der Waals surface area contributed by atoms with Gasteiger partial charge in [-0.2, -0.15) is 13.2 Å². The predicted molar refractivity (Wildman–Crippen MR) is 134 cm³/mol. The van der Waals surface area contributed by atoms with Gasteiger partial charge in [0.1, 0.15) is 36.6 Å². The van der Waals surface area contributed by atoms with Gasteiger partial charge in [0.05, 0.1) is 19.6 Å². The number of carboxylic acids is 1. The van der Waals surface area contributed by atoms with Crippen LogP contribution in [0.1, 0.15) is 40.5 Å². The van der Waals surface area contributed by atoms with E-state index in [2.05, 4.69) is 5.32 Å². The van der Waals surface area contributed by atoms with E-state index >= 15 is 0 Å². The van der Waals surface area contributed by atoms with Crippen LogP contribution in [0.25, 0.3) is 0 Å². The van der Waals surface area contributed by atoms with Crippen molar-refractivity contribution in [3.05, 3.63) is 0 Å². The average molecular weight is 633 g/mol. The SMILES string of the molecule is COC(=O)C[C@@H](NC(=O)C[C@H](N)[C@H]1O[C@H](OC)[C@H]2OC(C)(C)O[C@H]21)[C@H]1O[C@H](OC)[C@H]2OC(C)(C)O[C@H]21.O=C(O)C(F)(F)F. The lowest BCUT2D eigenvalue weighted by Crippen LogP contribution is -2.52. The standard InChI is InChI=1S/C23H38N2O11.C2HF3O2/c1-22(2)33-16-14(31-20(29-6)18(16)35-22)10(24)8-12(26)25-11(9-13(27)28-5)15-17-19(21(30-7)32-15)36-23(3,4)34-17;3-2(4,5)1(6)7/h10-11,14-21H,8-9,24H2,1-7H3,(H,25,26);(H,6,7)/t10-,11+,14+,15+,16-,17-,18-,19-,20-,21-;/m0./s1. The summed E-state index contributed by atoms with van der Waals surface area (Å²) in [5.74, 6) is -5.39. The zero-order chi connectivity index (χ0) is 32.5. The fourth-order valence-electron chi connectivity index (χ4n) is 5.34. The van der Waals surface area contributed by atoms with Crippen LogP contribution in [0.5, 0.6) is 0 Å². The topological polar surface area (TPSA) is 193 Å². The minimum absolute atomic E-state index is 0.108. The highest BCUT2D eigenvalue weighted by atomic mass is 19.4. The Morgan fingerprint density at radius 1 is 0.837 bits per heavy atom. The first-order valence-corrected chi connectivity index (χ1v) is 13.3. The van der Waals surface area contributed by atoms with E-state index in [1.165, 1.54) is 21.3 Å². The number of carboxylic acid groups (broad SMARTS) is 1. The Morgan fingerprint density at radius 3 is 1.67 bits per heavy atom. The van der Waals surface area contributed by atoms with Gasteiger partial charge in [-0.3, -0.25) is 9.59 Å². The summed E-state index contributed by atoms with van der Waals surface area (Å²) in [4.78, 5) is 34.2. The Bertz CT molecular complexity index is 1010. The molecule has 4 saturated heterocycles. The normalized spacial score (nSPS) is 35.2. The third-order valence-electron chi connectivity index (χ3n) is 7.00. The third-order valence-corrected chi connectivity index (χ3v) is 7.00. The summed E-state index contributed by atoms with van der Waals surface area (Å²) < 4.78 is 83.1. The molecular formula is C25H39F3N2O13. The maximum absolute atomic E-state index is 13.1. The number of carbonyl (C=O) groups is 3. The van der Waals surface area contributed by atoms with E-state index in [9.17, 15) is 22.8 Å². The molecule has 10 atom stereocenters. The second kappa shape index (κ2) is 13.5. The lowest BCUT2D eigenvalue weighted by atomic mass is 9.98. The highest BCUT2D eigenvalue weighted by Gasteiger charge is 2.59. The summed E-state index contributed by atoms with van der Waals surface area (Å²) in [6, 6.07) is -1.51. The fourth-order valence-corrected chi connectivity index (χ4v) is 5.34. The molecule has 4 rings (SSSR count). The van der Waals surface area contributed by atoms with Gasteiger partial charge in [-0.25, -0.2) is 4.79 Å². The summed E-state index contributed by atoms with van der Waals surface area (Å²) in [6.45, 7) is 7.15. The smallest absolute Gasteiger partial charge is 0.475 e. The number of hydrogen-bond acceptors (Lipinski definition) is 13. The van der Waals surface area contributed by atoms with Gasteiger partial charge in [0, 0.05) is 26.7 Å². The number of rotatable bonds is 9. The fraction of sp³-hybridized carbons (Fsp3) is 0.880. The first kappa shape index (κ1) is 35.3. The second-order valence-corrected chi connectivity index (χ2v) is 11.2. The molecule has 0 aromatic carbocycles. The highest BCUT2D eigenvalue weighted by Crippen LogP contribution is 2.41. The van der Waals surface area contributed by atoms with E-state index in [4.69, 9.17) is 58.3 Å². The van der Waals surface area contributed by atoms with Gasteiger partial charge in [-0.1, -0.05) is 0 Å². The molecule has 0 saturated carbocycles. The molecular weight excluding hydrogens is 593 g/mol. The molecule has 4 heterocycles. The van der Waals surface area contributed by atoms with Gasteiger partial charge in [0.2, 0.25) is 5.91 Å². The van der Waals surface area contributed by atoms with Crippen LogP contribution in [0.15, 0.2) is 0 Å². The van der Waals surface area contributed by atoms with E-state index in [0.29, 0.717) is 0 Å². The Balaban J connectivity index is 0.000000646. The number of alkyl halides is 3. The van der Waals surface area contributed by atoms with Crippen molar-refractivity contribution in [1.29, 1.82) is 0 Å². The number of amides is 1. The molecule has 0 radical (unpaired) electrons. The quantitative estimate of drug-likeness (QED) is 0.291. The first-order valence-electron chi connectivity index (χ1n) is 13.3. The number of ether oxygens (including phenoxy) is 9. The number of carbonyl (C=O) groups excluding carboxylic acids is 2. The van der Waals surface area contributed by atoms with Crippen LogP contribution in [-0.2, 0) is 57.0 Å². The lowest BCUT2D eigenvalue weighted by Gasteiger charge is -2.30. The van der Waals surface area contributed by atoms with E-state index in [1.54, 1.807) is 27.7 Å². The highest BCUT2D eigenvalue weighted by molar-refractivity contribution is 5.78. The molecule has 18 heteroatoms. The number of aliphatic carboxylic acids is 1. The maximum atomic E-state index is 13.1. The summed E-state index contributed by atoms with van der Waals surface area (Å²) in [5, 5.41) is 9.99. The van der Waals surface area contributed by atoms with E-state index in [-0.39, 0.29) is 12.8 Å². The van der Waals surface area contributed by atoms with Crippen LogP contribution >= 0.6 is 0 Å². The lowest BCUT2D eigenvalue weighted by molar-refractivity contribution is -0.230. The molecule has 15 nitrogen and oxygen atoms in total. The van der Waals surface area contributed by atoms with Crippen molar-refractivity contribution >= 4 is 17.8 Å². The van der Waals surface area contributed by atoms with Crippen LogP contribution in [0, 0.1) is 0 Å². The Morgan fingerprint density at radius 2 is 1.26 bits per heavy atom. The Labute approximate surface area is 245 Å². The molecule has 0 bridgehead atoms. The third kappa shape index (κ3) is 8.52. The summed E-state index contributed by atoms with van der Waals surface area (Å²) >= 11 is 0. The van der Waals surface area contributed by atoms with Crippen molar-refractivity contribution in [3.8, 4) is 0 Å². The van der Waals surface area contributed by atoms with Crippen LogP contribution in [0.4, 0.5) is 13.2 Å². The van der Waals surface area contributed by atoms with Crippen molar-refractivity contribution in [2.45, 2.75) is 120 Å². The van der Waals surface area contributed by atoms with Gasteiger partial charge >= 0.3 is 18.1 Å². The van der Waals surface area contributed by atoms with E-state index < -0.39 is 96.9 Å². The number of halogens is 3. The van der Waals surface area contributed by atoms with Crippen LogP contribution in [0.3, 0.4) is 0 Å². The van der Waals surface area contributed by atoms with Crippen molar-refractivity contribution < 1.29 is 75.3 Å². The number of nitrogens with two attached hydrogens (primary N) is 1. The molecule has 0 aromatic rings. The van der Waals surface area contributed by atoms with Gasteiger partial charge in [0.25, 0.3) is 0 Å². The summed E-state index contributed by atoms with van der Waals surface area (Å²) in [7, 11) is 4.27. The van der Waals surface area contributed by atoms with Gasteiger partial charge in [0.15, 0.2) is 24.2 Å². The zero-order valence-electron chi connectivity index (χ0n) is 24.7. The monoisotopic (exact) mass is 632 g/mol. The van der Waals surface area contributed by atoms with Gasteiger partial charge in [-0.05, 0) is 27.7 Å². The second-order valence-electron chi connectivity index (χ2n) is 11.2.